The molecule has 4 aromatic rings. The van der Waals surface area contributed by atoms with E-state index < -0.39 is 0 Å². The van der Waals surface area contributed by atoms with Crippen molar-refractivity contribution in [3.05, 3.63) is 105 Å². The summed E-state index contributed by atoms with van der Waals surface area (Å²) in [5.41, 5.74) is 2.83. The second kappa shape index (κ2) is 8.35. The lowest BCUT2D eigenvalue weighted by atomic mass is 10.2. The number of nitrogens with zero attached hydrogens (tertiary/aromatic N) is 3. The third kappa shape index (κ3) is 4.19. The van der Waals surface area contributed by atoms with Gasteiger partial charge in [0.1, 0.15) is 0 Å². The zero-order chi connectivity index (χ0) is 18.5. The van der Waals surface area contributed by atoms with E-state index in [9.17, 15) is 0 Å². The average Bonchev–Trinajstić information content (AvgIpc) is 3.09. The summed E-state index contributed by atoms with van der Waals surface area (Å²) in [5.74, 6) is 0.663. The summed E-state index contributed by atoms with van der Waals surface area (Å²) in [4.78, 5) is 10.5. The van der Waals surface area contributed by atoms with E-state index in [2.05, 4.69) is 0 Å². The molecular formula is C21H15N3S3. The number of aromatic nitrogens is 1. The maximum absolute atomic E-state index is 5.55. The van der Waals surface area contributed by atoms with Gasteiger partial charge >= 0.3 is 0 Å². The van der Waals surface area contributed by atoms with Crippen molar-refractivity contribution in [2.75, 3.05) is 0 Å². The van der Waals surface area contributed by atoms with Gasteiger partial charge in [-0.05, 0) is 57.2 Å². The molecule has 0 aliphatic heterocycles. The van der Waals surface area contributed by atoms with Gasteiger partial charge in [-0.15, -0.1) is 0 Å². The molecule has 0 aliphatic carbocycles. The van der Waals surface area contributed by atoms with Crippen LogP contribution in [0.1, 0.15) is 5.56 Å². The molecule has 3 aromatic carbocycles. The Hall–Kier alpha value is -2.67. The standard InChI is InChI=1S/C21H15N3S3/c25-21-24(18-14-8-3-9-15-18)20(26-27-21)23-19(16-10-4-1-5-11-16)22-17-12-6-2-7-13-17/h1-15H. The van der Waals surface area contributed by atoms with Crippen LogP contribution in [0.15, 0.2) is 101 Å². The molecule has 0 fully saturated rings. The van der Waals surface area contributed by atoms with Crippen LogP contribution >= 0.6 is 32.9 Å². The first-order valence-electron chi connectivity index (χ1n) is 8.33. The fraction of sp³-hybridized carbons (Fsp3) is 0. The number of hydrogen-bond donors (Lipinski definition) is 0. The molecule has 1 aromatic heterocycles. The highest BCUT2D eigenvalue weighted by molar-refractivity contribution is 7.79. The fourth-order valence-corrected chi connectivity index (χ4v) is 4.96. The predicted octanol–water partition coefficient (Wildman–Crippen LogP) is 6.01. The van der Waals surface area contributed by atoms with Crippen LogP contribution in [0.5, 0.6) is 0 Å². The molecule has 0 amide bonds. The zero-order valence-electron chi connectivity index (χ0n) is 14.2. The summed E-state index contributed by atoms with van der Waals surface area (Å²) in [6, 6.07) is 29.9. The maximum Gasteiger partial charge on any atom is 0.207 e. The lowest BCUT2D eigenvalue weighted by Gasteiger charge is -2.04. The lowest BCUT2D eigenvalue weighted by molar-refractivity contribution is 1.00. The first kappa shape index (κ1) is 17.7. The number of rotatable bonds is 3. The minimum Gasteiger partial charge on any atom is -0.267 e. The molecule has 0 aliphatic rings. The molecule has 0 unspecified atom stereocenters. The van der Waals surface area contributed by atoms with E-state index in [0.717, 1.165) is 25.7 Å². The first-order valence-corrected chi connectivity index (χ1v) is 10.9. The van der Waals surface area contributed by atoms with Gasteiger partial charge in [-0.2, -0.15) is 4.99 Å². The monoisotopic (exact) mass is 405 g/mol. The predicted molar refractivity (Wildman–Crippen MR) is 117 cm³/mol. The number of aliphatic imine (C=N–C) groups is 1. The Bertz CT molecular complexity index is 1170. The van der Waals surface area contributed by atoms with E-state index in [1.165, 1.54) is 0 Å². The smallest absolute Gasteiger partial charge is 0.207 e. The van der Waals surface area contributed by atoms with Crippen LogP contribution in [0.25, 0.3) is 5.69 Å². The van der Waals surface area contributed by atoms with Gasteiger partial charge in [-0.3, -0.25) is 4.57 Å². The summed E-state index contributed by atoms with van der Waals surface area (Å²) < 4.78 is 2.77. The average molecular weight is 406 g/mol. The van der Waals surface area contributed by atoms with Crippen LogP contribution in [-0.2, 0) is 0 Å². The first-order chi connectivity index (χ1) is 13.3. The van der Waals surface area contributed by atoms with Crippen LogP contribution < -0.4 is 4.80 Å². The van der Waals surface area contributed by atoms with Crippen molar-refractivity contribution in [2.24, 2.45) is 9.98 Å². The molecule has 0 radical (unpaired) electrons. The van der Waals surface area contributed by atoms with Crippen molar-refractivity contribution in [2.45, 2.75) is 0 Å². The summed E-state index contributed by atoms with van der Waals surface area (Å²) in [6.07, 6.45) is 0. The highest BCUT2D eigenvalue weighted by Gasteiger charge is 2.07. The fourth-order valence-electron chi connectivity index (χ4n) is 2.54. The molecule has 0 saturated carbocycles. The summed E-state index contributed by atoms with van der Waals surface area (Å²) >= 11 is 5.55. The van der Waals surface area contributed by atoms with Gasteiger partial charge in [0.25, 0.3) is 0 Å². The Kier molecular flexibility index (Phi) is 5.48. The van der Waals surface area contributed by atoms with E-state index in [-0.39, 0.29) is 0 Å². The molecule has 1 heterocycles. The van der Waals surface area contributed by atoms with Crippen LogP contribution in [0.2, 0.25) is 0 Å². The SMILES string of the molecule is S=c1ssc(=NC(=Nc2ccccc2)c2ccccc2)n1-c1ccccc1. The summed E-state index contributed by atoms with van der Waals surface area (Å²) in [7, 11) is 3.10. The molecule has 4 rings (SSSR count). The third-order valence-electron chi connectivity index (χ3n) is 3.80. The Morgan fingerprint density at radius 1 is 0.741 bits per heavy atom. The minimum absolute atomic E-state index is 0.663. The van der Waals surface area contributed by atoms with Crippen molar-refractivity contribution in [3.63, 3.8) is 0 Å². The number of benzene rings is 3. The Morgan fingerprint density at radius 3 is 2.00 bits per heavy atom. The van der Waals surface area contributed by atoms with E-state index in [0.29, 0.717) is 5.84 Å². The second-order valence-electron chi connectivity index (χ2n) is 5.63. The molecular weight excluding hydrogens is 390 g/mol. The van der Waals surface area contributed by atoms with E-state index in [1.807, 2.05) is 95.6 Å². The zero-order valence-corrected chi connectivity index (χ0v) is 16.7. The van der Waals surface area contributed by atoms with Crippen molar-refractivity contribution < 1.29 is 0 Å². The maximum atomic E-state index is 5.55. The molecule has 0 N–H and O–H groups in total. The molecule has 132 valence electrons. The summed E-state index contributed by atoms with van der Waals surface area (Å²) in [6.45, 7) is 0. The van der Waals surface area contributed by atoms with Crippen LogP contribution in [-0.4, -0.2) is 10.4 Å². The van der Waals surface area contributed by atoms with Crippen molar-refractivity contribution in [3.8, 4) is 5.69 Å². The van der Waals surface area contributed by atoms with Gasteiger partial charge < -0.3 is 0 Å². The van der Waals surface area contributed by atoms with Gasteiger partial charge in [-0.25, -0.2) is 4.99 Å². The van der Waals surface area contributed by atoms with Gasteiger partial charge in [0, 0.05) is 5.56 Å². The van der Waals surface area contributed by atoms with Crippen molar-refractivity contribution in [1.82, 2.24) is 4.57 Å². The highest BCUT2D eigenvalue weighted by atomic mass is 32.9. The van der Waals surface area contributed by atoms with Crippen LogP contribution in [0.4, 0.5) is 5.69 Å². The Labute approximate surface area is 169 Å². The quantitative estimate of drug-likeness (QED) is 0.178. The molecule has 0 bridgehead atoms. The minimum atomic E-state index is 0.663. The van der Waals surface area contributed by atoms with Crippen LogP contribution in [0.3, 0.4) is 0 Å². The normalized spacial score (nSPS) is 12.3. The molecule has 0 spiro atoms. The number of amidine groups is 1. The van der Waals surface area contributed by atoms with Gasteiger partial charge in [0.05, 0.1) is 11.4 Å². The lowest BCUT2D eigenvalue weighted by Crippen LogP contribution is -2.15. The molecule has 3 nitrogen and oxygen atoms in total. The topological polar surface area (TPSA) is 29.6 Å². The largest absolute Gasteiger partial charge is 0.267 e. The Balaban J connectivity index is 1.91. The van der Waals surface area contributed by atoms with E-state index in [4.69, 9.17) is 22.2 Å². The Morgan fingerprint density at radius 2 is 1.33 bits per heavy atom. The van der Waals surface area contributed by atoms with Crippen LogP contribution in [0, 0.1) is 3.95 Å². The number of para-hydroxylation sites is 2. The van der Waals surface area contributed by atoms with Gasteiger partial charge in [0.15, 0.2) is 9.79 Å². The molecule has 0 atom stereocenters. The summed E-state index contributed by atoms with van der Waals surface area (Å²) in [5, 5.41) is 0. The van der Waals surface area contributed by atoms with Crippen molar-refractivity contribution in [1.29, 1.82) is 0 Å². The molecule has 6 heteroatoms. The van der Waals surface area contributed by atoms with Gasteiger partial charge in [0.2, 0.25) is 4.80 Å². The van der Waals surface area contributed by atoms with Gasteiger partial charge in [-0.1, -0.05) is 66.7 Å². The highest BCUT2D eigenvalue weighted by Crippen LogP contribution is 2.16. The van der Waals surface area contributed by atoms with E-state index >= 15 is 0 Å². The molecule has 0 saturated heterocycles. The number of hydrogen-bond acceptors (Lipinski definition) is 4. The second-order valence-corrected chi connectivity index (χ2v) is 8.37. The van der Waals surface area contributed by atoms with Crippen molar-refractivity contribution >= 4 is 44.4 Å². The molecule has 27 heavy (non-hydrogen) atoms. The van der Waals surface area contributed by atoms with E-state index in [1.54, 1.807) is 20.7 Å². The third-order valence-corrected chi connectivity index (χ3v) is 6.55.